The van der Waals surface area contributed by atoms with Crippen LogP contribution >= 0.6 is 11.8 Å². The van der Waals surface area contributed by atoms with Gasteiger partial charge in [0.25, 0.3) is 5.24 Å². The number of nitrogens with one attached hydrogen (secondary N) is 1. The van der Waals surface area contributed by atoms with E-state index in [2.05, 4.69) is 10.3 Å². The fourth-order valence-electron chi connectivity index (χ4n) is 2.08. The first kappa shape index (κ1) is 10.5. The van der Waals surface area contributed by atoms with Crippen LogP contribution in [0.2, 0.25) is 0 Å². The average Bonchev–Trinajstić information content (AvgIpc) is 2.85. The number of rotatable bonds is 2. The third kappa shape index (κ3) is 1.86. The lowest BCUT2D eigenvalue weighted by Crippen LogP contribution is -2.25. The Hall–Kier alpha value is -1.62. The second kappa shape index (κ2) is 4.00. The van der Waals surface area contributed by atoms with Crippen molar-refractivity contribution < 1.29 is 9.59 Å². The zero-order valence-electron chi connectivity index (χ0n) is 8.97. The Balaban J connectivity index is 1.80. The molecule has 2 aliphatic rings. The van der Waals surface area contributed by atoms with Gasteiger partial charge in [0.15, 0.2) is 0 Å². The number of aliphatic imine (C=N–C) groups is 1. The molecule has 1 aromatic rings. The van der Waals surface area contributed by atoms with Gasteiger partial charge in [-0.15, -0.1) is 0 Å². The minimum Gasteiger partial charge on any atom is -0.286 e. The van der Waals surface area contributed by atoms with Crippen LogP contribution in [0.3, 0.4) is 0 Å². The number of nitrogens with zero attached hydrogens (tertiary/aromatic N) is 1. The van der Waals surface area contributed by atoms with Crippen LogP contribution in [0.25, 0.3) is 0 Å². The number of hydrogen-bond donors (Lipinski definition) is 1. The zero-order valence-corrected chi connectivity index (χ0v) is 9.79. The van der Waals surface area contributed by atoms with Gasteiger partial charge in [0, 0.05) is 17.7 Å². The van der Waals surface area contributed by atoms with Crippen molar-refractivity contribution in [3.05, 3.63) is 35.4 Å². The van der Waals surface area contributed by atoms with Gasteiger partial charge in [0.1, 0.15) is 0 Å². The van der Waals surface area contributed by atoms with Gasteiger partial charge >= 0.3 is 0 Å². The van der Waals surface area contributed by atoms with E-state index >= 15 is 0 Å². The summed E-state index contributed by atoms with van der Waals surface area (Å²) in [6, 6.07) is 8.00. The Bertz CT molecular complexity index is 539. The van der Waals surface area contributed by atoms with Gasteiger partial charge in [-0.3, -0.25) is 19.9 Å². The highest BCUT2D eigenvalue weighted by Crippen LogP contribution is 2.27. The van der Waals surface area contributed by atoms with Crippen LogP contribution in [0, 0.1) is 0 Å². The van der Waals surface area contributed by atoms with Crippen LogP contribution in [0.4, 0.5) is 4.79 Å². The van der Waals surface area contributed by atoms with Crippen molar-refractivity contribution in [3.8, 4) is 0 Å². The SMILES string of the molecule is O=C1NC(=O)C(CC2=NCc3ccccc32)S1. The highest BCUT2D eigenvalue weighted by Gasteiger charge is 2.33. The molecule has 2 amide bonds. The first-order valence-electron chi connectivity index (χ1n) is 5.37. The molecular formula is C12H10N2O2S. The zero-order chi connectivity index (χ0) is 11.8. The van der Waals surface area contributed by atoms with Crippen molar-refractivity contribution in [3.63, 3.8) is 0 Å². The molecule has 0 bridgehead atoms. The van der Waals surface area contributed by atoms with Gasteiger partial charge in [-0.05, 0) is 5.56 Å². The molecule has 0 saturated carbocycles. The number of benzene rings is 1. The smallest absolute Gasteiger partial charge is 0.286 e. The van der Waals surface area contributed by atoms with Gasteiger partial charge in [0.2, 0.25) is 5.91 Å². The van der Waals surface area contributed by atoms with Gasteiger partial charge in [-0.2, -0.15) is 0 Å². The van der Waals surface area contributed by atoms with Crippen molar-refractivity contribution in [2.24, 2.45) is 4.99 Å². The molecule has 2 heterocycles. The van der Waals surface area contributed by atoms with Crippen molar-refractivity contribution in [2.75, 3.05) is 0 Å². The maximum absolute atomic E-state index is 11.5. The summed E-state index contributed by atoms with van der Waals surface area (Å²) in [6.07, 6.45) is 0.527. The maximum atomic E-state index is 11.5. The molecule has 86 valence electrons. The third-order valence-electron chi connectivity index (χ3n) is 2.91. The lowest BCUT2D eigenvalue weighted by Gasteiger charge is -2.06. The van der Waals surface area contributed by atoms with E-state index in [0.717, 1.165) is 23.0 Å². The van der Waals surface area contributed by atoms with Gasteiger partial charge in [-0.1, -0.05) is 36.0 Å². The lowest BCUT2D eigenvalue weighted by atomic mass is 10.0. The summed E-state index contributed by atoms with van der Waals surface area (Å²) in [5.41, 5.74) is 3.24. The molecule has 2 aliphatic heterocycles. The number of hydrogen-bond acceptors (Lipinski definition) is 4. The molecule has 3 rings (SSSR count). The molecule has 0 aromatic heterocycles. The van der Waals surface area contributed by atoms with Crippen molar-refractivity contribution in [1.82, 2.24) is 5.32 Å². The number of thioether (sulfide) groups is 1. The number of amides is 2. The minimum atomic E-state index is -0.326. The van der Waals surface area contributed by atoms with E-state index in [1.54, 1.807) is 0 Å². The molecule has 1 unspecified atom stereocenters. The number of carbonyl (C=O) groups excluding carboxylic acids is 2. The third-order valence-corrected chi connectivity index (χ3v) is 3.90. The Morgan fingerprint density at radius 1 is 1.35 bits per heavy atom. The summed E-state index contributed by atoms with van der Waals surface area (Å²) in [7, 11) is 0. The van der Waals surface area contributed by atoms with Crippen LogP contribution in [-0.4, -0.2) is 22.1 Å². The summed E-state index contributed by atoms with van der Waals surface area (Å²) in [5.74, 6) is -0.202. The average molecular weight is 246 g/mol. The van der Waals surface area contributed by atoms with Crippen molar-refractivity contribution in [2.45, 2.75) is 18.2 Å². The molecular weight excluding hydrogens is 236 g/mol. The van der Waals surface area contributed by atoms with E-state index in [4.69, 9.17) is 0 Å². The monoisotopic (exact) mass is 246 g/mol. The number of fused-ring (bicyclic) bond motifs is 1. The normalized spacial score (nSPS) is 22.4. The van der Waals surface area contributed by atoms with Gasteiger partial charge in [0.05, 0.1) is 11.8 Å². The fraction of sp³-hybridized carbons (Fsp3) is 0.250. The first-order valence-corrected chi connectivity index (χ1v) is 6.25. The molecule has 1 aromatic carbocycles. The van der Waals surface area contributed by atoms with E-state index in [1.807, 2.05) is 24.3 Å². The van der Waals surface area contributed by atoms with Crippen LogP contribution in [-0.2, 0) is 11.3 Å². The summed E-state index contributed by atoms with van der Waals surface area (Å²) in [5, 5.41) is 1.71. The van der Waals surface area contributed by atoms with Crippen LogP contribution < -0.4 is 5.32 Å². The van der Waals surface area contributed by atoms with Crippen LogP contribution in [0.15, 0.2) is 29.3 Å². The molecule has 5 heteroatoms. The molecule has 1 atom stereocenters. The Morgan fingerprint density at radius 2 is 2.18 bits per heavy atom. The van der Waals surface area contributed by atoms with Crippen molar-refractivity contribution >= 4 is 28.6 Å². The number of imide groups is 1. The van der Waals surface area contributed by atoms with E-state index in [1.165, 1.54) is 5.56 Å². The maximum Gasteiger partial charge on any atom is 0.286 e. The molecule has 17 heavy (non-hydrogen) atoms. The summed E-state index contributed by atoms with van der Waals surface area (Å²) < 4.78 is 0. The Morgan fingerprint density at radius 3 is 2.94 bits per heavy atom. The molecule has 0 radical (unpaired) electrons. The van der Waals surface area contributed by atoms with Crippen molar-refractivity contribution in [1.29, 1.82) is 0 Å². The van der Waals surface area contributed by atoms with Gasteiger partial charge < -0.3 is 0 Å². The van der Waals surface area contributed by atoms with E-state index < -0.39 is 0 Å². The minimum absolute atomic E-state index is 0.202. The largest absolute Gasteiger partial charge is 0.286 e. The van der Waals surface area contributed by atoms with E-state index in [0.29, 0.717) is 13.0 Å². The quantitative estimate of drug-likeness (QED) is 0.864. The lowest BCUT2D eigenvalue weighted by molar-refractivity contribution is -0.118. The molecule has 1 N–H and O–H groups in total. The first-order chi connectivity index (χ1) is 8.24. The topological polar surface area (TPSA) is 58.5 Å². The predicted molar refractivity (Wildman–Crippen MR) is 66.2 cm³/mol. The van der Waals surface area contributed by atoms with E-state index in [9.17, 15) is 9.59 Å². The fourth-order valence-corrected chi connectivity index (χ4v) is 2.91. The number of carbonyl (C=O) groups is 2. The second-order valence-corrected chi connectivity index (χ2v) is 5.18. The Labute approximate surface area is 103 Å². The van der Waals surface area contributed by atoms with Crippen LogP contribution in [0.5, 0.6) is 0 Å². The molecule has 0 aliphatic carbocycles. The van der Waals surface area contributed by atoms with Gasteiger partial charge in [-0.25, -0.2) is 0 Å². The highest BCUT2D eigenvalue weighted by atomic mass is 32.2. The van der Waals surface area contributed by atoms with E-state index in [-0.39, 0.29) is 16.4 Å². The second-order valence-electron chi connectivity index (χ2n) is 4.01. The molecule has 1 saturated heterocycles. The molecule has 0 spiro atoms. The summed E-state index contributed by atoms with van der Waals surface area (Å²) >= 11 is 1.05. The summed E-state index contributed by atoms with van der Waals surface area (Å²) in [4.78, 5) is 27.0. The van der Waals surface area contributed by atoms with Crippen LogP contribution in [0.1, 0.15) is 17.5 Å². The molecule has 4 nitrogen and oxygen atoms in total. The predicted octanol–water partition coefficient (Wildman–Crippen LogP) is 1.73. The summed E-state index contributed by atoms with van der Waals surface area (Å²) in [6.45, 7) is 0.679. The molecule has 1 fully saturated rings. The Kier molecular flexibility index (Phi) is 2.48. The standard InChI is InChI=1S/C12H10N2O2S/c15-11-10(17-12(16)14-11)5-9-8-4-2-1-3-7(8)6-13-9/h1-4,10H,5-6H2,(H,14,15,16). The highest BCUT2D eigenvalue weighted by molar-refractivity contribution is 8.15.